The van der Waals surface area contributed by atoms with Crippen LogP contribution in [-0.4, -0.2) is 50.5 Å². The first kappa shape index (κ1) is 16.0. The first-order chi connectivity index (χ1) is 10.2. The predicted molar refractivity (Wildman–Crippen MR) is 85.2 cm³/mol. The van der Waals surface area contributed by atoms with Gasteiger partial charge in [-0.1, -0.05) is 13.8 Å². The Kier molecular flexibility index (Phi) is 5.76. The van der Waals surface area contributed by atoms with Crippen molar-refractivity contribution in [1.29, 1.82) is 0 Å². The molecule has 0 radical (unpaired) electrons. The largest absolute Gasteiger partial charge is 0.497 e. The molecule has 4 heteroatoms. The molecule has 0 aliphatic carbocycles. The van der Waals surface area contributed by atoms with E-state index in [1.165, 1.54) is 0 Å². The number of hydrogen-bond acceptors (Lipinski definition) is 4. The Labute approximate surface area is 127 Å². The zero-order chi connectivity index (χ0) is 15.2. The molecule has 1 heterocycles. The normalized spacial score (nSPS) is 17.5. The summed E-state index contributed by atoms with van der Waals surface area (Å²) in [6, 6.07) is 5.77. The van der Waals surface area contributed by atoms with E-state index in [1.807, 2.05) is 25.1 Å². The zero-order valence-electron chi connectivity index (χ0n) is 13.3. The summed E-state index contributed by atoms with van der Waals surface area (Å²) < 4.78 is 5.25. The van der Waals surface area contributed by atoms with Crippen molar-refractivity contribution in [2.45, 2.75) is 20.3 Å². The van der Waals surface area contributed by atoms with Crippen LogP contribution in [0.2, 0.25) is 0 Å². The molecule has 21 heavy (non-hydrogen) atoms. The Morgan fingerprint density at radius 1 is 1.38 bits per heavy atom. The van der Waals surface area contributed by atoms with Crippen LogP contribution in [0.5, 0.6) is 5.75 Å². The van der Waals surface area contributed by atoms with Crippen LogP contribution in [0.4, 0.5) is 0 Å². The lowest BCUT2D eigenvalue weighted by molar-refractivity contribution is 0.0886. The third-order valence-corrected chi connectivity index (χ3v) is 4.15. The minimum absolute atomic E-state index is 0.0294. The lowest BCUT2D eigenvalue weighted by Crippen LogP contribution is -2.45. The smallest absolute Gasteiger partial charge is 0.167 e. The van der Waals surface area contributed by atoms with Gasteiger partial charge < -0.3 is 15.0 Å². The summed E-state index contributed by atoms with van der Waals surface area (Å²) in [5, 5.41) is 3.34. The van der Waals surface area contributed by atoms with Gasteiger partial charge >= 0.3 is 0 Å². The van der Waals surface area contributed by atoms with Gasteiger partial charge in [-0.3, -0.25) is 4.79 Å². The molecule has 1 unspecified atom stereocenters. The van der Waals surface area contributed by atoms with E-state index < -0.39 is 0 Å². The van der Waals surface area contributed by atoms with Crippen molar-refractivity contribution < 1.29 is 9.53 Å². The fraction of sp³-hybridized carbons (Fsp3) is 0.588. The predicted octanol–water partition coefficient (Wildman–Crippen LogP) is 1.98. The first-order valence-electron chi connectivity index (χ1n) is 7.80. The van der Waals surface area contributed by atoms with E-state index in [9.17, 15) is 4.79 Å². The second-order valence-corrected chi connectivity index (χ2v) is 5.69. The lowest BCUT2D eigenvalue weighted by Gasteiger charge is -2.29. The number of ketones is 1. The number of carbonyl (C=O) groups is 1. The van der Waals surface area contributed by atoms with E-state index >= 15 is 0 Å². The molecule has 1 aliphatic heterocycles. The highest BCUT2D eigenvalue weighted by molar-refractivity contribution is 5.99. The lowest BCUT2D eigenvalue weighted by atomic mass is 9.93. The van der Waals surface area contributed by atoms with Gasteiger partial charge in [0.05, 0.1) is 7.11 Å². The van der Waals surface area contributed by atoms with Crippen LogP contribution in [0.25, 0.3) is 0 Å². The highest BCUT2D eigenvalue weighted by atomic mass is 16.5. The number of carbonyl (C=O) groups excluding carboxylic acids is 1. The number of hydrogen-bond donors (Lipinski definition) is 1. The summed E-state index contributed by atoms with van der Waals surface area (Å²) in [7, 11) is 1.66. The van der Waals surface area contributed by atoms with Gasteiger partial charge in [-0.2, -0.15) is 0 Å². The fourth-order valence-corrected chi connectivity index (χ4v) is 2.86. The molecular weight excluding hydrogens is 264 g/mol. The molecule has 0 amide bonds. The van der Waals surface area contributed by atoms with Gasteiger partial charge in [-0.05, 0) is 30.2 Å². The maximum atomic E-state index is 12.7. The Morgan fingerprint density at radius 3 is 2.71 bits per heavy atom. The number of Topliss-reactive ketones (excluding diaryl/α,β-unsaturated/α-hetero) is 1. The highest BCUT2D eigenvalue weighted by Gasteiger charge is 2.21. The third-order valence-electron chi connectivity index (χ3n) is 4.15. The number of nitrogens with zero attached hydrogens (tertiary/aromatic N) is 1. The molecule has 1 fully saturated rings. The van der Waals surface area contributed by atoms with E-state index in [4.69, 9.17) is 4.74 Å². The maximum absolute atomic E-state index is 12.7. The molecular formula is C17H26N2O2. The molecule has 1 aromatic carbocycles. The van der Waals surface area contributed by atoms with Crippen LogP contribution < -0.4 is 10.1 Å². The van der Waals surface area contributed by atoms with Crippen LogP contribution in [0.1, 0.15) is 29.8 Å². The minimum Gasteiger partial charge on any atom is -0.497 e. The molecule has 1 saturated heterocycles. The molecule has 0 spiro atoms. The Balaban J connectivity index is 2.07. The molecule has 1 aromatic rings. The van der Waals surface area contributed by atoms with Crippen molar-refractivity contribution in [3.05, 3.63) is 29.3 Å². The van der Waals surface area contributed by atoms with Gasteiger partial charge in [0.25, 0.3) is 0 Å². The average molecular weight is 290 g/mol. The molecule has 4 nitrogen and oxygen atoms in total. The van der Waals surface area contributed by atoms with Gasteiger partial charge in [-0.15, -0.1) is 0 Å². The summed E-state index contributed by atoms with van der Waals surface area (Å²) in [6.45, 7) is 9.05. The summed E-state index contributed by atoms with van der Waals surface area (Å²) in [4.78, 5) is 15.1. The number of ether oxygens (including phenoxy) is 1. The summed E-state index contributed by atoms with van der Waals surface area (Å²) in [5.41, 5.74) is 1.92. The van der Waals surface area contributed by atoms with E-state index in [0.717, 1.165) is 56.0 Å². The van der Waals surface area contributed by atoms with E-state index in [2.05, 4.69) is 17.1 Å². The second-order valence-electron chi connectivity index (χ2n) is 5.69. The van der Waals surface area contributed by atoms with Crippen molar-refractivity contribution in [1.82, 2.24) is 10.2 Å². The van der Waals surface area contributed by atoms with Gasteiger partial charge in [0.1, 0.15) is 5.75 Å². The highest BCUT2D eigenvalue weighted by Crippen LogP contribution is 2.21. The van der Waals surface area contributed by atoms with Gasteiger partial charge in [-0.25, -0.2) is 0 Å². The van der Waals surface area contributed by atoms with Crippen LogP contribution in [-0.2, 0) is 6.42 Å². The topological polar surface area (TPSA) is 41.6 Å². The second kappa shape index (κ2) is 7.57. The molecule has 1 N–H and O–H groups in total. The number of nitrogens with one attached hydrogen (secondary N) is 1. The third kappa shape index (κ3) is 4.05. The molecule has 0 saturated carbocycles. The van der Waals surface area contributed by atoms with E-state index in [0.29, 0.717) is 0 Å². The van der Waals surface area contributed by atoms with Crippen molar-refractivity contribution >= 4 is 5.78 Å². The number of rotatable bonds is 6. The van der Waals surface area contributed by atoms with Crippen LogP contribution in [0, 0.1) is 5.92 Å². The van der Waals surface area contributed by atoms with Crippen molar-refractivity contribution in [3.8, 4) is 5.75 Å². The monoisotopic (exact) mass is 290 g/mol. The molecule has 116 valence electrons. The zero-order valence-corrected chi connectivity index (χ0v) is 13.3. The minimum atomic E-state index is 0.0294. The Morgan fingerprint density at radius 2 is 2.10 bits per heavy atom. The van der Waals surface area contributed by atoms with Gasteiger partial charge in [0.2, 0.25) is 0 Å². The van der Waals surface area contributed by atoms with E-state index in [-0.39, 0.29) is 11.7 Å². The van der Waals surface area contributed by atoms with Gasteiger partial charge in [0, 0.05) is 44.2 Å². The first-order valence-corrected chi connectivity index (χ1v) is 7.80. The number of piperazine rings is 1. The summed E-state index contributed by atoms with van der Waals surface area (Å²) >= 11 is 0. The average Bonchev–Trinajstić information content (AvgIpc) is 2.54. The van der Waals surface area contributed by atoms with Crippen molar-refractivity contribution in [2.24, 2.45) is 5.92 Å². The summed E-state index contributed by atoms with van der Waals surface area (Å²) in [5.74, 6) is 1.09. The summed E-state index contributed by atoms with van der Waals surface area (Å²) in [6.07, 6.45) is 0.846. The van der Waals surface area contributed by atoms with Crippen molar-refractivity contribution in [3.63, 3.8) is 0 Å². The van der Waals surface area contributed by atoms with Crippen LogP contribution >= 0.6 is 0 Å². The van der Waals surface area contributed by atoms with Crippen LogP contribution in [0.3, 0.4) is 0 Å². The number of aryl methyl sites for hydroxylation is 1. The van der Waals surface area contributed by atoms with Crippen LogP contribution in [0.15, 0.2) is 18.2 Å². The quantitative estimate of drug-likeness (QED) is 0.814. The number of methoxy groups -OCH3 is 1. The maximum Gasteiger partial charge on any atom is 0.167 e. The standard InChI is InChI=1S/C17H26N2O2/c1-4-14-11-15(21-3)5-6-16(14)17(20)13(2)12-19-9-7-18-8-10-19/h5-6,11,13,18H,4,7-10,12H2,1-3H3. The Bertz CT molecular complexity index is 482. The number of benzene rings is 1. The molecule has 2 rings (SSSR count). The Hall–Kier alpha value is -1.39. The van der Waals surface area contributed by atoms with E-state index in [1.54, 1.807) is 7.11 Å². The fourth-order valence-electron chi connectivity index (χ4n) is 2.86. The van der Waals surface area contributed by atoms with Gasteiger partial charge in [0.15, 0.2) is 5.78 Å². The molecule has 0 bridgehead atoms. The van der Waals surface area contributed by atoms with Crippen molar-refractivity contribution in [2.75, 3.05) is 39.8 Å². The molecule has 1 atom stereocenters. The molecule has 0 aromatic heterocycles. The SMILES string of the molecule is CCc1cc(OC)ccc1C(=O)C(C)CN1CCNCC1. The molecule has 1 aliphatic rings.